The summed E-state index contributed by atoms with van der Waals surface area (Å²) in [6, 6.07) is 0. The van der Waals surface area contributed by atoms with Gasteiger partial charge in [0.05, 0.1) is 5.69 Å². The molecule has 3 nitrogen and oxygen atoms in total. The molecule has 2 heterocycles. The number of hydrogen-bond donors (Lipinski definition) is 0. The highest BCUT2D eigenvalue weighted by Gasteiger charge is 2.17. The lowest BCUT2D eigenvalue weighted by Gasteiger charge is -2.24. The zero-order chi connectivity index (χ0) is 9.42. The predicted molar refractivity (Wildman–Crippen MR) is 51.8 cm³/mol. The summed E-state index contributed by atoms with van der Waals surface area (Å²) in [6.07, 6.45) is 1.04. The van der Waals surface area contributed by atoms with Gasteiger partial charge in [0, 0.05) is 18.8 Å². The highest BCUT2D eigenvalue weighted by Crippen LogP contribution is 2.19. The average Bonchev–Trinajstić information content (AvgIpc) is 2.02. The molecule has 70 valence electrons. The van der Waals surface area contributed by atoms with Gasteiger partial charge in [0.1, 0.15) is 0 Å². The number of aromatic nitrogens is 2. The number of fused-ring (bicyclic) bond motifs is 1. The Hall–Kier alpha value is -0.670. The van der Waals surface area contributed by atoms with Crippen molar-refractivity contribution in [3.8, 4) is 0 Å². The number of likely N-dealkylation sites (N-methyl/N-ethyl adjacent to an activating group) is 1. The van der Waals surface area contributed by atoms with Gasteiger partial charge >= 0.3 is 0 Å². The van der Waals surface area contributed by atoms with Crippen molar-refractivity contribution in [1.82, 2.24) is 14.9 Å². The topological polar surface area (TPSA) is 29.0 Å². The van der Waals surface area contributed by atoms with Crippen LogP contribution >= 0.6 is 11.6 Å². The first-order chi connectivity index (χ1) is 6.16. The Morgan fingerprint density at radius 3 is 2.92 bits per heavy atom. The van der Waals surface area contributed by atoms with Gasteiger partial charge in [-0.05, 0) is 37.6 Å². The predicted octanol–water partition coefficient (Wildman–Crippen LogP) is 1.43. The van der Waals surface area contributed by atoms with E-state index in [1.165, 1.54) is 5.56 Å². The summed E-state index contributed by atoms with van der Waals surface area (Å²) in [4.78, 5) is 10.6. The number of rotatable bonds is 0. The van der Waals surface area contributed by atoms with Crippen LogP contribution < -0.4 is 0 Å². The first-order valence-electron chi connectivity index (χ1n) is 4.37. The van der Waals surface area contributed by atoms with Crippen LogP contribution in [-0.4, -0.2) is 28.5 Å². The SMILES string of the molecule is Cc1nc(Cl)nc2c1CCN(C)C2. The molecule has 1 aliphatic rings. The molecule has 0 aliphatic carbocycles. The normalized spacial score (nSPS) is 17.2. The lowest BCUT2D eigenvalue weighted by Crippen LogP contribution is -2.28. The molecule has 0 unspecified atom stereocenters. The lowest BCUT2D eigenvalue weighted by molar-refractivity contribution is 0.306. The highest BCUT2D eigenvalue weighted by molar-refractivity contribution is 6.28. The molecule has 0 atom stereocenters. The third kappa shape index (κ3) is 1.67. The Bertz CT molecular complexity index is 338. The van der Waals surface area contributed by atoms with E-state index in [-0.39, 0.29) is 0 Å². The Balaban J connectivity index is 2.47. The zero-order valence-electron chi connectivity index (χ0n) is 7.84. The second kappa shape index (κ2) is 3.24. The third-order valence-corrected chi connectivity index (χ3v) is 2.60. The van der Waals surface area contributed by atoms with Crippen molar-refractivity contribution in [3.05, 3.63) is 22.2 Å². The van der Waals surface area contributed by atoms with Crippen LogP contribution in [0.25, 0.3) is 0 Å². The molecule has 0 aromatic carbocycles. The number of aryl methyl sites for hydroxylation is 1. The summed E-state index contributed by atoms with van der Waals surface area (Å²) in [5.41, 5.74) is 3.40. The van der Waals surface area contributed by atoms with E-state index in [1.807, 2.05) is 6.92 Å². The van der Waals surface area contributed by atoms with Gasteiger partial charge in [0.2, 0.25) is 5.28 Å². The zero-order valence-corrected chi connectivity index (χ0v) is 8.60. The van der Waals surface area contributed by atoms with Crippen LogP contribution in [0.4, 0.5) is 0 Å². The average molecular weight is 198 g/mol. The Morgan fingerprint density at radius 2 is 2.15 bits per heavy atom. The highest BCUT2D eigenvalue weighted by atomic mass is 35.5. The fourth-order valence-electron chi connectivity index (χ4n) is 1.71. The van der Waals surface area contributed by atoms with Crippen LogP contribution in [0, 0.1) is 6.92 Å². The number of nitrogens with zero attached hydrogens (tertiary/aromatic N) is 3. The van der Waals surface area contributed by atoms with Crippen molar-refractivity contribution in [1.29, 1.82) is 0 Å². The Labute approximate surface area is 82.8 Å². The molecule has 2 rings (SSSR count). The summed E-state index contributed by atoms with van der Waals surface area (Å²) in [6.45, 7) is 3.97. The van der Waals surface area contributed by atoms with Crippen molar-refractivity contribution in [2.45, 2.75) is 19.9 Å². The summed E-state index contributed by atoms with van der Waals surface area (Å²) in [5, 5.41) is 0.367. The maximum atomic E-state index is 5.79. The van der Waals surface area contributed by atoms with E-state index in [0.717, 1.165) is 30.9 Å². The van der Waals surface area contributed by atoms with E-state index in [4.69, 9.17) is 11.6 Å². The van der Waals surface area contributed by atoms with Crippen LogP contribution in [0.1, 0.15) is 17.0 Å². The van der Waals surface area contributed by atoms with Gasteiger partial charge in [-0.15, -0.1) is 0 Å². The van der Waals surface area contributed by atoms with Crippen LogP contribution in [0.15, 0.2) is 0 Å². The third-order valence-electron chi connectivity index (χ3n) is 2.44. The van der Waals surface area contributed by atoms with Gasteiger partial charge in [0.25, 0.3) is 0 Å². The van der Waals surface area contributed by atoms with Gasteiger partial charge < -0.3 is 4.90 Å². The number of halogens is 1. The van der Waals surface area contributed by atoms with Crippen LogP contribution in [0.2, 0.25) is 5.28 Å². The molecule has 0 bridgehead atoms. The fourth-order valence-corrected chi connectivity index (χ4v) is 1.94. The summed E-state index contributed by atoms with van der Waals surface area (Å²) < 4.78 is 0. The van der Waals surface area contributed by atoms with Crippen molar-refractivity contribution in [3.63, 3.8) is 0 Å². The van der Waals surface area contributed by atoms with Crippen molar-refractivity contribution >= 4 is 11.6 Å². The van der Waals surface area contributed by atoms with Gasteiger partial charge in [-0.1, -0.05) is 0 Å². The second-order valence-corrected chi connectivity index (χ2v) is 3.83. The Kier molecular flexibility index (Phi) is 2.22. The second-order valence-electron chi connectivity index (χ2n) is 3.49. The van der Waals surface area contributed by atoms with E-state index in [2.05, 4.69) is 21.9 Å². The van der Waals surface area contributed by atoms with E-state index in [0.29, 0.717) is 5.28 Å². The molecule has 0 spiro atoms. The molecule has 0 N–H and O–H groups in total. The van der Waals surface area contributed by atoms with Crippen molar-refractivity contribution < 1.29 is 0 Å². The maximum Gasteiger partial charge on any atom is 0.222 e. The van der Waals surface area contributed by atoms with Crippen LogP contribution in [0.5, 0.6) is 0 Å². The molecule has 1 aliphatic heterocycles. The summed E-state index contributed by atoms with van der Waals surface area (Å²) in [7, 11) is 2.09. The van der Waals surface area contributed by atoms with E-state index in [1.54, 1.807) is 0 Å². The standard InChI is InChI=1S/C9H12ClN3/c1-6-7-3-4-13(2)5-8(7)12-9(10)11-6/h3-5H2,1-2H3. The van der Waals surface area contributed by atoms with Crippen molar-refractivity contribution in [2.75, 3.05) is 13.6 Å². The molecule has 4 heteroatoms. The lowest BCUT2D eigenvalue weighted by atomic mass is 10.0. The van der Waals surface area contributed by atoms with E-state index < -0.39 is 0 Å². The minimum Gasteiger partial charge on any atom is -0.300 e. The monoisotopic (exact) mass is 197 g/mol. The quantitative estimate of drug-likeness (QED) is 0.590. The van der Waals surface area contributed by atoms with E-state index >= 15 is 0 Å². The number of hydrogen-bond acceptors (Lipinski definition) is 3. The molecule has 0 fully saturated rings. The molecule has 0 saturated carbocycles. The fraction of sp³-hybridized carbons (Fsp3) is 0.556. The minimum absolute atomic E-state index is 0.367. The van der Waals surface area contributed by atoms with Gasteiger partial charge in [-0.3, -0.25) is 0 Å². The first kappa shape index (κ1) is 8.91. The molecular weight excluding hydrogens is 186 g/mol. The minimum atomic E-state index is 0.367. The molecule has 1 aromatic heterocycles. The Morgan fingerprint density at radius 1 is 1.38 bits per heavy atom. The summed E-state index contributed by atoms with van der Waals surface area (Å²) in [5.74, 6) is 0. The van der Waals surface area contributed by atoms with Gasteiger partial charge in [-0.2, -0.15) is 0 Å². The van der Waals surface area contributed by atoms with Gasteiger partial charge in [-0.25, -0.2) is 9.97 Å². The van der Waals surface area contributed by atoms with Crippen LogP contribution in [-0.2, 0) is 13.0 Å². The molecule has 0 amide bonds. The van der Waals surface area contributed by atoms with E-state index in [9.17, 15) is 0 Å². The van der Waals surface area contributed by atoms with Gasteiger partial charge in [0.15, 0.2) is 0 Å². The molecular formula is C9H12ClN3. The van der Waals surface area contributed by atoms with Crippen molar-refractivity contribution in [2.24, 2.45) is 0 Å². The molecule has 1 aromatic rings. The first-order valence-corrected chi connectivity index (χ1v) is 4.75. The van der Waals surface area contributed by atoms with Crippen LogP contribution in [0.3, 0.4) is 0 Å². The molecule has 13 heavy (non-hydrogen) atoms. The largest absolute Gasteiger partial charge is 0.300 e. The smallest absolute Gasteiger partial charge is 0.222 e. The molecule has 0 saturated heterocycles. The maximum absolute atomic E-state index is 5.79. The summed E-state index contributed by atoms with van der Waals surface area (Å²) >= 11 is 5.79. The molecule has 0 radical (unpaired) electrons.